The summed E-state index contributed by atoms with van der Waals surface area (Å²) in [5.41, 5.74) is 1.25. The average Bonchev–Trinajstić information content (AvgIpc) is 2.23. The van der Waals surface area contributed by atoms with E-state index in [4.69, 9.17) is 23.2 Å². The predicted molar refractivity (Wildman–Crippen MR) is 68.3 cm³/mol. The fourth-order valence-electron chi connectivity index (χ4n) is 1.87. The van der Waals surface area contributed by atoms with Gasteiger partial charge in [0.15, 0.2) is 0 Å². The molecule has 1 nitrogen and oxygen atoms in total. The highest BCUT2D eigenvalue weighted by Crippen LogP contribution is 2.28. The minimum Gasteiger partial charge on any atom is -0.310 e. The number of rotatable bonds is 1. The van der Waals surface area contributed by atoms with E-state index in [9.17, 15) is 0 Å². The molecular weight excluding hydrogens is 252 g/mol. The number of hydrogen-bond acceptors (Lipinski definition) is 1. The first-order valence-corrected chi connectivity index (χ1v) is 5.71. The van der Waals surface area contributed by atoms with E-state index in [1.165, 1.54) is 24.8 Å². The Kier molecular flexibility index (Phi) is 5.20. The highest BCUT2D eigenvalue weighted by molar-refractivity contribution is 6.42. The molecule has 1 aromatic rings. The van der Waals surface area contributed by atoms with E-state index in [-0.39, 0.29) is 12.4 Å². The first-order chi connectivity index (χ1) is 6.77. The quantitative estimate of drug-likeness (QED) is 0.802. The van der Waals surface area contributed by atoms with E-state index in [2.05, 4.69) is 11.4 Å². The van der Waals surface area contributed by atoms with E-state index in [1.54, 1.807) is 0 Å². The average molecular weight is 267 g/mol. The van der Waals surface area contributed by atoms with Gasteiger partial charge in [0.25, 0.3) is 0 Å². The van der Waals surface area contributed by atoms with Crippen molar-refractivity contribution in [2.75, 3.05) is 6.54 Å². The van der Waals surface area contributed by atoms with Gasteiger partial charge >= 0.3 is 0 Å². The lowest BCUT2D eigenvalue weighted by Crippen LogP contribution is -2.26. The third-order valence-corrected chi connectivity index (χ3v) is 3.40. The number of halogens is 3. The van der Waals surface area contributed by atoms with Crippen molar-refractivity contribution < 1.29 is 0 Å². The van der Waals surface area contributed by atoms with Gasteiger partial charge in [-0.15, -0.1) is 12.4 Å². The maximum absolute atomic E-state index is 5.97. The van der Waals surface area contributed by atoms with Gasteiger partial charge in [0.05, 0.1) is 10.0 Å². The summed E-state index contributed by atoms with van der Waals surface area (Å²) in [6.45, 7) is 1.10. The van der Waals surface area contributed by atoms with Crippen molar-refractivity contribution in [2.24, 2.45) is 0 Å². The zero-order valence-corrected chi connectivity index (χ0v) is 10.6. The van der Waals surface area contributed by atoms with Crippen LogP contribution >= 0.6 is 35.6 Å². The van der Waals surface area contributed by atoms with Crippen LogP contribution in [0.15, 0.2) is 18.2 Å². The smallest absolute Gasteiger partial charge is 0.0595 e. The molecule has 0 amide bonds. The van der Waals surface area contributed by atoms with Crippen LogP contribution in [0, 0.1) is 0 Å². The van der Waals surface area contributed by atoms with E-state index < -0.39 is 0 Å². The Morgan fingerprint density at radius 3 is 2.53 bits per heavy atom. The van der Waals surface area contributed by atoms with Gasteiger partial charge in [-0.3, -0.25) is 0 Å². The van der Waals surface area contributed by atoms with Gasteiger partial charge in [-0.25, -0.2) is 0 Å². The van der Waals surface area contributed by atoms with Crippen LogP contribution in [-0.4, -0.2) is 6.54 Å². The molecule has 1 aliphatic heterocycles. The van der Waals surface area contributed by atoms with Crippen LogP contribution in [0.25, 0.3) is 0 Å². The van der Waals surface area contributed by atoms with Crippen molar-refractivity contribution in [3.63, 3.8) is 0 Å². The van der Waals surface area contributed by atoms with Crippen LogP contribution in [0.4, 0.5) is 0 Å². The van der Waals surface area contributed by atoms with Crippen molar-refractivity contribution in [2.45, 2.75) is 25.3 Å². The summed E-state index contributed by atoms with van der Waals surface area (Å²) in [6, 6.07) is 6.35. The monoisotopic (exact) mass is 265 g/mol. The molecule has 1 aromatic carbocycles. The molecule has 0 saturated carbocycles. The summed E-state index contributed by atoms with van der Waals surface area (Å²) < 4.78 is 0. The van der Waals surface area contributed by atoms with Crippen molar-refractivity contribution in [1.29, 1.82) is 0 Å². The van der Waals surface area contributed by atoms with E-state index >= 15 is 0 Å². The third-order valence-electron chi connectivity index (χ3n) is 2.66. The van der Waals surface area contributed by atoms with Gasteiger partial charge in [0, 0.05) is 6.04 Å². The van der Waals surface area contributed by atoms with E-state index in [0.29, 0.717) is 16.1 Å². The van der Waals surface area contributed by atoms with Crippen LogP contribution in [0.2, 0.25) is 10.0 Å². The van der Waals surface area contributed by atoms with Crippen LogP contribution < -0.4 is 5.32 Å². The molecule has 15 heavy (non-hydrogen) atoms. The Morgan fingerprint density at radius 1 is 1.13 bits per heavy atom. The summed E-state index contributed by atoms with van der Waals surface area (Å²) in [7, 11) is 0. The topological polar surface area (TPSA) is 12.0 Å². The normalized spacial score (nSPS) is 20.8. The number of piperidine rings is 1. The summed E-state index contributed by atoms with van der Waals surface area (Å²) in [5.74, 6) is 0. The molecule has 1 atom stereocenters. The molecule has 4 heteroatoms. The maximum atomic E-state index is 5.97. The molecule has 0 radical (unpaired) electrons. The molecule has 1 fully saturated rings. The van der Waals surface area contributed by atoms with Gasteiger partial charge < -0.3 is 5.32 Å². The Balaban J connectivity index is 0.00000112. The number of nitrogens with one attached hydrogen (secondary N) is 1. The van der Waals surface area contributed by atoms with Gasteiger partial charge in [0.1, 0.15) is 0 Å². The Morgan fingerprint density at radius 2 is 1.93 bits per heavy atom. The lowest BCUT2D eigenvalue weighted by atomic mass is 9.98. The van der Waals surface area contributed by atoms with E-state index in [1.807, 2.05) is 12.1 Å². The highest BCUT2D eigenvalue weighted by atomic mass is 35.5. The van der Waals surface area contributed by atoms with Gasteiger partial charge in [0.2, 0.25) is 0 Å². The summed E-state index contributed by atoms with van der Waals surface area (Å²) in [5, 5.41) is 4.76. The van der Waals surface area contributed by atoms with Crippen molar-refractivity contribution in [3.8, 4) is 0 Å². The largest absolute Gasteiger partial charge is 0.310 e. The van der Waals surface area contributed by atoms with Gasteiger partial charge in [-0.2, -0.15) is 0 Å². The lowest BCUT2D eigenvalue weighted by Gasteiger charge is -2.24. The molecule has 0 bridgehead atoms. The molecule has 0 aromatic heterocycles. The number of benzene rings is 1. The second kappa shape index (κ2) is 5.95. The third kappa shape index (κ3) is 3.25. The Hall–Kier alpha value is 0.0500. The summed E-state index contributed by atoms with van der Waals surface area (Å²) in [6.07, 6.45) is 3.76. The molecule has 84 valence electrons. The van der Waals surface area contributed by atoms with Gasteiger partial charge in [-0.05, 0) is 37.1 Å². The molecule has 1 aliphatic rings. The van der Waals surface area contributed by atoms with Crippen LogP contribution in [0.5, 0.6) is 0 Å². The van der Waals surface area contributed by atoms with Crippen LogP contribution in [0.3, 0.4) is 0 Å². The molecule has 0 unspecified atom stereocenters. The summed E-state index contributed by atoms with van der Waals surface area (Å²) >= 11 is 11.8. The molecule has 1 saturated heterocycles. The standard InChI is InChI=1S/C11H13Cl2N.ClH/c12-9-5-4-8(7-10(9)13)11-3-1-2-6-14-11;/h4-5,7,11,14H,1-3,6H2;1H/t11-;/m1./s1. The van der Waals surface area contributed by atoms with Crippen molar-refractivity contribution >= 4 is 35.6 Å². The molecule has 2 rings (SSSR count). The fourth-order valence-corrected chi connectivity index (χ4v) is 2.17. The zero-order valence-electron chi connectivity index (χ0n) is 8.30. The fraction of sp³-hybridized carbons (Fsp3) is 0.455. The predicted octanol–water partition coefficient (Wildman–Crippen LogP) is 4.23. The maximum Gasteiger partial charge on any atom is 0.0595 e. The molecule has 0 spiro atoms. The first kappa shape index (κ1) is 13.1. The Bertz CT molecular complexity index is 322. The molecular formula is C11H14Cl3N. The number of hydrogen-bond donors (Lipinski definition) is 1. The van der Waals surface area contributed by atoms with Crippen LogP contribution in [0.1, 0.15) is 30.9 Å². The van der Waals surface area contributed by atoms with Gasteiger partial charge in [-0.1, -0.05) is 35.7 Å². The SMILES string of the molecule is Cl.Clc1ccc([C@H]2CCCCN2)cc1Cl. The zero-order chi connectivity index (χ0) is 9.97. The van der Waals surface area contributed by atoms with Crippen molar-refractivity contribution in [1.82, 2.24) is 5.32 Å². The van der Waals surface area contributed by atoms with Crippen LogP contribution in [-0.2, 0) is 0 Å². The molecule has 1 heterocycles. The summed E-state index contributed by atoms with van der Waals surface area (Å²) in [4.78, 5) is 0. The highest BCUT2D eigenvalue weighted by Gasteiger charge is 2.15. The molecule has 1 N–H and O–H groups in total. The second-order valence-corrected chi connectivity index (χ2v) is 4.49. The minimum absolute atomic E-state index is 0. The van der Waals surface area contributed by atoms with Crippen molar-refractivity contribution in [3.05, 3.63) is 33.8 Å². The molecule has 0 aliphatic carbocycles. The Labute approximate surface area is 107 Å². The van der Waals surface area contributed by atoms with E-state index in [0.717, 1.165) is 6.54 Å². The first-order valence-electron chi connectivity index (χ1n) is 4.96. The lowest BCUT2D eigenvalue weighted by molar-refractivity contribution is 0.412. The second-order valence-electron chi connectivity index (χ2n) is 3.68. The minimum atomic E-state index is 0.